The topological polar surface area (TPSA) is 43.8 Å². The summed E-state index contributed by atoms with van der Waals surface area (Å²) >= 11 is 6.21. The number of aromatic nitrogens is 2. The Bertz CT molecular complexity index is 746. The molecule has 2 aromatic carbocycles. The van der Waals surface area contributed by atoms with Crippen molar-refractivity contribution in [2.24, 2.45) is 5.73 Å². The molecule has 0 unspecified atom stereocenters. The lowest BCUT2D eigenvalue weighted by Crippen LogP contribution is -2.06. The van der Waals surface area contributed by atoms with Crippen LogP contribution in [0, 0.1) is 6.92 Å². The summed E-state index contributed by atoms with van der Waals surface area (Å²) in [4.78, 5) is 4.55. The maximum absolute atomic E-state index is 6.21. The first kappa shape index (κ1) is 12.2. The predicted octanol–water partition coefficient (Wildman–Crippen LogP) is 3.45. The van der Waals surface area contributed by atoms with E-state index in [0.29, 0.717) is 6.54 Å². The molecule has 0 fully saturated rings. The van der Waals surface area contributed by atoms with E-state index < -0.39 is 0 Å². The van der Waals surface area contributed by atoms with Crippen molar-refractivity contribution in [3.63, 3.8) is 0 Å². The van der Waals surface area contributed by atoms with E-state index in [1.165, 1.54) is 0 Å². The Kier molecular flexibility index (Phi) is 3.01. The number of halogens is 1. The molecule has 0 saturated heterocycles. The fourth-order valence-corrected chi connectivity index (χ4v) is 2.40. The first-order valence-electron chi connectivity index (χ1n) is 6.13. The fourth-order valence-electron chi connectivity index (χ4n) is 2.22. The highest BCUT2D eigenvalue weighted by molar-refractivity contribution is 6.31. The number of nitrogens with zero attached hydrogens (tertiary/aromatic N) is 2. The van der Waals surface area contributed by atoms with Gasteiger partial charge in [-0.25, -0.2) is 4.98 Å². The minimum absolute atomic E-state index is 0.389. The highest BCUT2D eigenvalue weighted by atomic mass is 35.5. The highest BCUT2D eigenvalue weighted by Gasteiger charge is 2.11. The van der Waals surface area contributed by atoms with Gasteiger partial charge in [-0.15, -0.1) is 0 Å². The lowest BCUT2D eigenvalue weighted by atomic mass is 10.2. The Labute approximate surface area is 116 Å². The van der Waals surface area contributed by atoms with E-state index in [2.05, 4.69) is 9.55 Å². The first-order valence-corrected chi connectivity index (χ1v) is 6.51. The van der Waals surface area contributed by atoms with Gasteiger partial charge in [0.1, 0.15) is 5.82 Å². The summed E-state index contributed by atoms with van der Waals surface area (Å²) in [6.07, 6.45) is 0. The summed E-state index contributed by atoms with van der Waals surface area (Å²) in [5.41, 5.74) is 9.84. The molecule has 1 aromatic heterocycles. The van der Waals surface area contributed by atoms with E-state index >= 15 is 0 Å². The fraction of sp³-hybridized carbons (Fsp3) is 0.133. The Morgan fingerprint density at radius 2 is 2.00 bits per heavy atom. The lowest BCUT2D eigenvalue weighted by Gasteiger charge is -2.09. The molecular weight excluding hydrogens is 258 g/mol. The summed E-state index contributed by atoms with van der Waals surface area (Å²) in [5, 5.41) is 0.748. The van der Waals surface area contributed by atoms with Crippen LogP contribution in [0.15, 0.2) is 42.5 Å². The van der Waals surface area contributed by atoms with Crippen LogP contribution in [0.3, 0.4) is 0 Å². The van der Waals surface area contributed by atoms with Crippen LogP contribution in [0.5, 0.6) is 0 Å². The smallest absolute Gasteiger partial charge is 0.128 e. The Balaban J connectivity index is 2.31. The van der Waals surface area contributed by atoms with Gasteiger partial charge in [-0.1, -0.05) is 29.8 Å². The van der Waals surface area contributed by atoms with Crippen LogP contribution in [-0.4, -0.2) is 9.55 Å². The zero-order valence-corrected chi connectivity index (χ0v) is 11.4. The number of hydrogen-bond acceptors (Lipinski definition) is 2. The van der Waals surface area contributed by atoms with Crippen LogP contribution in [0.25, 0.3) is 16.7 Å². The maximum atomic E-state index is 6.21. The lowest BCUT2D eigenvalue weighted by molar-refractivity contribution is 0.882. The quantitative estimate of drug-likeness (QED) is 0.776. The minimum atomic E-state index is 0.389. The summed E-state index contributed by atoms with van der Waals surface area (Å²) in [6.45, 7) is 2.38. The molecule has 0 radical (unpaired) electrons. The normalized spacial score (nSPS) is 11.1. The van der Waals surface area contributed by atoms with Crippen LogP contribution < -0.4 is 5.73 Å². The van der Waals surface area contributed by atoms with Gasteiger partial charge in [-0.05, 0) is 36.8 Å². The first-order chi connectivity index (χ1) is 9.20. The second-order valence-electron chi connectivity index (χ2n) is 4.49. The van der Waals surface area contributed by atoms with Gasteiger partial charge in [0.05, 0.1) is 17.6 Å². The number of aryl methyl sites for hydroxylation is 1. The minimum Gasteiger partial charge on any atom is -0.324 e. The molecule has 1 heterocycles. The molecule has 0 aliphatic carbocycles. The van der Waals surface area contributed by atoms with Gasteiger partial charge in [0.2, 0.25) is 0 Å². The Morgan fingerprint density at radius 3 is 2.74 bits per heavy atom. The molecule has 2 N–H and O–H groups in total. The molecule has 96 valence electrons. The summed E-state index contributed by atoms with van der Waals surface area (Å²) in [5.74, 6) is 0.834. The molecular formula is C15H14ClN3. The predicted molar refractivity (Wildman–Crippen MR) is 78.7 cm³/mol. The number of nitrogens with two attached hydrogens (primary N) is 1. The van der Waals surface area contributed by atoms with Gasteiger partial charge in [0.25, 0.3) is 0 Å². The molecule has 0 spiro atoms. The number of fused-ring (bicyclic) bond motifs is 1. The van der Waals surface area contributed by atoms with Crippen LogP contribution in [0.1, 0.15) is 11.4 Å². The molecule has 0 aliphatic rings. The van der Waals surface area contributed by atoms with Crippen molar-refractivity contribution in [3.05, 3.63) is 58.9 Å². The van der Waals surface area contributed by atoms with Crippen LogP contribution in [0.4, 0.5) is 0 Å². The van der Waals surface area contributed by atoms with Crippen molar-refractivity contribution in [1.29, 1.82) is 0 Å². The summed E-state index contributed by atoms with van der Waals surface area (Å²) < 4.78 is 2.06. The van der Waals surface area contributed by atoms with Crippen molar-refractivity contribution >= 4 is 22.6 Å². The number of imidazole rings is 1. The Hall–Kier alpha value is -1.84. The second-order valence-corrected chi connectivity index (χ2v) is 4.90. The highest BCUT2D eigenvalue weighted by Crippen LogP contribution is 2.25. The number of para-hydroxylation sites is 2. The largest absolute Gasteiger partial charge is 0.324 e. The van der Waals surface area contributed by atoms with Crippen molar-refractivity contribution in [2.45, 2.75) is 13.5 Å². The molecule has 4 heteroatoms. The van der Waals surface area contributed by atoms with Gasteiger partial charge in [0.15, 0.2) is 0 Å². The standard InChI is InChI=1S/C15H14ClN3/c1-10-6-7-11(8-12(10)16)19-14-5-3-2-4-13(14)18-15(19)9-17/h2-8H,9,17H2,1H3. The van der Waals surface area contributed by atoms with Gasteiger partial charge in [0, 0.05) is 10.7 Å². The van der Waals surface area contributed by atoms with Crippen molar-refractivity contribution in [2.75, 3.05) is 0 Å². The van der Waals surface area contributed by atoms with E-state index in [1.807, 2.05) is 49.4 Å². The number of benzene rings is 2. The number of rotatable bonds is 2. The van der Waals surface area contributed by atoms with Crippen LogP contribution >= 0.6 is 11.6 Å². The van der Waals surface area contributed by atoms with E-state index in [1.54, 1.807) is 0 Å². The van der Waals surface area contributed by atoms with Gasteiger partial charge < -0.3 is 5.73 Å². The molecule has 3 nitrogen and oxygen atoms in total. The molecule has 0 amide bonds. The van der Waals surface area contributed by atoms with Crippen molar-refractivity contribution < 1.29 is 0 Å². The molecule has 0 atom stereocenters. The third-order valence-corrected chi connectivity index (χ3v) is 3.63. The average molecular weight is 272 g/mol. The molecule has 0 aliphatic heterocycles. The van der Waals surface area contributed by atoms with Crippen LogP contribution in [0.2, 0.25) is 5.02 Å². The Morgan fingerprint density at radius 1 is 1.21 bits per heavy atom. The van der Waals surface area contributed by atoms with Crippen LogP contribution in [-0.2, 0) is 6.54 Å². The van der Waals surface area contributed by atoms with E-state index in [4.69, 9.17) is 17.3 Å². The summed E-state index contributed by atoms with van der Waals surface area (Å²) in [6, 6.07) is 14.0. The van der Waals surface area contributed by atoms with E-state index in [-0.39, 0.29) is 0 Å². The maximum Gasteiger partial charge on any atom is 0.128 e. The average Bonchev–Trinajstić information content (AvgIpc) is 2.80. The molecule has 0 bridgehead atoms. The third-order valence-electron chi connectivity index (χ3n) is 3.23. The molecule has 0 saturated carbocycles. The number of hydrogen-bond donors (Lipinski definition) is 1. The monoisotopic (exact) mass is 271 g/mol. The van der Waals surface area contributed by atoms with E-state index in [0.717, 1.165) is 33.1 Å². The van der Waals surface area contributed by atoms with Gasteiger partial charge in [-0.3, -0.25) is 4.57 Å². The molecule has 3 aromatic rings. The van der Waals surface area contributed by atoms with Gasteiger partial charge in [-0.2, -0.15) is 0 Å². The second kappa shape index (κ2) is 4.68. The zero-order valence-electron chi connectivity index (χ0n) is 10.6. The van der Waals surface area contributed by atoms with Crippen molar-refractivity contribution in [3.8, 4) is 5.69 Å². The molecule has 3 rings (SSSR count). The zero-order chi connectivity index (χ0) is 13.4. The SMILES string of the molecule is Cc1ccc(-n2c(CN)nc3ccccc32)cc1Cl. The third kappa shape index (κ3) is 2.01. The summed E-state index contributed by atoms with van der Waals surface area (Å²) in [7, 11) is 0. The van der Waals surface area contributed by atoms with Gasteiger partial charge >= 0.3 is 0 Å². The van der Waals surface area contributed by atoms with E-state index in [9.17, 15) is 0 Å². The molecule has 19 heavy (non-hydrogen) atoms. The van der Waals surface area contributed by atoms with Crippen molar-refractivity contribution in [1.82, 2.24) is 9.55 Å².